The van der Waals surface area contributed by atoms with Crippen molar-refractivity contribution in [2.75, 3.05) is 25.5 Å². The number of para-hydroxylation sites is 1. The highest BCUT2D eigenvalue weighted by Crippen LogP contribution is 2.53. The van der Waals surface area contributed by atoms with Gasteiger partial charge in [-0.3, -0.25) is 9.69 Å². The molecule has 0 bridgehead atoms. The van der Waals surface area contributed by atoms with E-state index < -0.39 is 5.41 Å². The number of carbonyl (C=O) groups is 2. The molecule has 0 aromatic heterocycles. The van der Waals surface area contributed by atoms with Gasteiger partial charge in [-0.25, -0.2) is 4.79 Å². The molecule has 1 aromatic carbocycles. The van der Waals surface area contributed by atoms with E-state index in [0.717, 1.165) is 37.2 Å². The molecule has 27 heavy (non-hydrogen) atoms. The fraction of sp³-hybridized carbons (Fsp3) is 0.524. The summed E-state index contributed by atoms with van der Waals surface area (Å²) in [5.74, 6) is 0.0558. The third-order valence-electron chi connectivity index (χ3n) is 7.14. The van der Waals surface area contributed by atoms with Crippen LogP contribution in [0.2, 0.25) is 0 Å². The molecular weight excluding hydrogens is 344 g/mol. The highest BCUT2D eigenvalue weighted by atomic mass is 16.5. The summed E-state index contributed by atoms with van der Waals surface area (Å²) in [5, 5.41) is 3.09. The number of nitrogens with one attached hydrogen (secondary N) is 1. The first-order chi connectivity index (χ1) is 13.1. The van der Waals surface area contributed by atoms with Crippen LogP contribution in [0.15, 0.2) is 36.1 Å². The van der Waals surface area contributed by atoms with E-state index >= 15 is 0 Å². The number of fused-ring (bicyclic) bond motifs is 5. The van der Waals surface area contributed by atoms with Gasteiger partial charge in [0, 0.05) is 30.1 Å². The minimum absolute atomic E-state index is 0.0468. The summed E-state index contributed by atoms with van der Waals surface area (Å²) in [6.45, 7) is 3.79. The van der Waals surface area contributed by atoms with Crippen molar-refractivity contribution in [3.63, 3.8) is 0 Å². The molecule has 0 saturated carbocycles. The lowest BCUT2D eigenvalue weighted by Gasteiger charge is -2.48. The monoisotopic (exact) mass is 368 g/mol. The van der Waals surface area contributed by atoms with Gasteiger partial charge in [0.25, 0.3) is 0 Å². The highest BCUT2D eigenvalue weighted by molar-refractivity contribution is 6.07. The van der Waals surface area contributed by atoms with Gasteiger partial charge < -0.3 is 14.8 Å². The average molecular weight is 368 g/mol. The van der Waals surface area contributed by atoms with Crippen molar-refractivity contribution in [3.8, 4) is 0 Å². The lowest BCUT2D eigenvalue weighted by Crippen LogP contribution is -2.56. The molecule has 0 unspecified atom stereocenters. The number of anilines is 1. The van der Waals surface area contributed by atoms with Gasteiger partial charge in [0.1, 0.15) is 0 Å². The molecule has 1 spiro atoms. The summed E-state index contributed by atoms with van der Waals surface area (Å²) < 4.78 is 10.8. The molecule has 1 N–H and O–H groups in total. The quantitative estimate of drug-likeness (QED) is 0.769. The third kappa shape index (κ3) is 2.16. The van der Waals surface area contributed by atoms with Crippen molar-refractivity contribution in [2.45, 2.75) is 37.3 Å². The molecule has 6 heteroatoms. The average Bonchev–Trinajstić information content (AvgIpc) is 3.20. The van der Waals surface area contributed by atoms with Crippen molar-refractivity contribution < 1.29 is 19.1 Å². The van der Waals surface area contributed by atoms with Crippen LogP contribution in [0.3, 0.4) is 0 Å². The van der Waals surface area contributed by atoms with Crippen LogP contribution in [0.5, 0.6) is 0 Å². The molecule has 2 fully saturated rings. The molecule has 1 amide bonds. The SMILES string of the molecule is COC(=O)C1=CO[C@H](C)[C@H]2CN3CC[C@@]4(C(=O)Nc5ccccc54)[C@H]3C[C@@H]12. The van der Waals surface area contributed by atoms with Crippen molar-refractivity contribution in [3.05, 3.63) is 41.7 Å². The minimum atomic E-state index is -0.523. The Kier molecular flexibility index (Phi) is 3.63. The lowest BCUT2D eigenvalue weighted by molar-refractivity contribution is -0.139. The Hall–Kier alpha value is -2.34. The molecule has 6 nitrogen and oxygen atoms in total. The van der Waals surface area contributed by atoms with Crippen molar-refractivity contribution in [2.24, 2.45) is 11.8 Å². The zero-order valence-electron chi connectivity index (χ0n) is 15.6. The predicted molar refractivity (Wildman–Crippen MR) is 99.0 cm³/mol. The van der Waals surface area contributed by atoms with Gasteiger partial charge in [0.2, 0.25) is 5.91 Å². The van der Waals surface area contributed by atoms with Crippen molar-refractivity contribution in [1.82, 2.24) is 4.90 Å². The highest BCUT2D eigenvalue weighted by Gasteiger charge is 2.61. The third-order valence-corrected chi connectivity index (χ3v) is 7.14. The Morgan fingerprint density at radius 2 is 2.19 bits per heavy atom. The Labute approximate surface area is 158 Å². The standard InChI is InChI=1S/C21H24N2O4/c1-12-14-10-23-8-7-21(16-5-3-4-6-17(16)22-20(21)25)18(23)9-13(14)15(11-27-12)19(24)26-2/h3-6,11-14,18H,7-10H2,1-2H3,(H,22,25)/t12-,13-,14-,18-,21+/m1/s1. The van der Waals surface area contributed by atoms with E-state index in [1.165, 1.54) is 7.11 Å². The maximum Gasteiger partial charge on any atom is 0.337 e. The fourth-order valence-electron chi connectivity index (χ4n) is 5.77. The van der Waals surface area contributed by atoms with Crippen LogP contribution >= 0.6 is 0 Å². The van der Waals surface area contributed by atoms with Crippen LogP contribution < -0.4 is 5.32 Å². The normalized spacial score (nSPS) is 37.0. The number of hydrogen-bond acceptors (Lipinski definition) is 5. The van der Waals surface area contributed by atoms with Gasteiger partial charge in [-0.15, -0.1) is 0 Å². The maximum absolute atomic E-state index is 13.1. The van der Waals surface area contributed by atoms with Crippen LogP contribution in [-0.2, 0) is 24.5 Å². The number of hydrogen-bond donors (Lipinski definition) is 1. The summed E-state index contributed by atoms with van der Waals surface area (Å²) >= 11 is 0. The van der Waals surface area contributed by atoms with Crippen LogP contribution in [0, 0.1) is 11.8 Å². The molecule has 4 heterocycles. The van der Waals surface area contributed by atoms with Crippen LogP contribution in [0.25, 0.3) is 0 Å². The van der Waals surface area contributed by atoms with Gasteiger partial charge in [0.05, 0.1) is 30.5 Å². The summed E-state index contributed by atoms with van der Waals surface area (Å²) in [4.78, 5) is 27.9. The number of nitrogens with zero attached hydrogens (tertiary/aromatic N) is 1. The van der Waals surface area contributed by atoms with E-state index in [2.05, 4.69) is 23.2 Å². The number of ether oxygens (including phenoxy) is 2. The molecule has 5 atom stereocenters. The van der Waals surface area contributed by atoms with E-state index in [9.17, 15) is 9.59 Å². The number of benzene rings is 1. The van der Waals surface area contributed by atoms with E-state index in [1.54, 1.807) is 6.26 Å². The molecule has 1 aromatic rings. The second-order valence-corrected chi connectivity index (χ2v) is 8.14. The number of esters is 1. The van der Waals surface area contributed by atoms with Crippen LogP contribution in [0.1, 0.15) is 25.3 Å². The Morgan fingerprint density at radius 3 is 3.00 bits per heavy atom. The molecule has 4 aliphatic heterocycles. The number of amides is 1. The molecule has 2 saturated heterocycles. The van der Waals surface area contributed by atoms with Gasteiger partial charge in [-0.05, 0) is 37.9 Å². The van der Waals surface area contributed by atoms with Gasteiger partial charge in [-0.1, -0.05) is 18.2 Å². The van der Waals surface area contributed by atoms with E-state index in [4.69, 9.17) is 9.47 Å². The molecule has 4 aliphatic rings. The molecule has 5 rings (SSSR count). The second-order valence-electron chi connectivity index (χ2n) is 8.14. The predicted octanol–water partition coefficient (Wildman–Crippen LogP) is 2.06. The Bertz CT molecular complexity index is 850. The molecule has 0 radical (unpaired) electrons. The first-order valence-electron chi connectivity index (χ1n) is 9.65. The maximum atomic E-state index is 13.1. The first kappa shape index (κ1) is 16.8. The Balaban J connectivity index is 1.55. The van der Waals surface area contributed by atoms with Crippen molar-refractivity contribution >= 4 is 17.6 Å². The number of methoxy groups -OCH3 is 1. The van der Waals surface area contributed by atoms with Crippen LogP contribution in [-0.4, -0.2) is 49.1 Å². The fourth-order valence-corrected chi connectivity index (χ4v) is 5.77. The molecule has 142 valence electrons. The largest absolute Gasteiger partial charge is 0.497 e. The second kappa shape index (κ2) is 5.83. The summed E-state index contributed by atoms with van der Waals surface area (Å²) in [7, 11) is 1.41. The number of rotatable bonds is 1. The first-order valence-corrected chi connectivity index (χ1v) is 9.65. The molecular formula is C21H24N2O4. The van der Waals surface area contributed by atoms with E-state index in [0.29, 0.717) is 5.57 Å². The number of piperidine rings is 1. The van der Waals surface area contributed by atoms with E-state index in [1.807, 2.05) is 18.2 Å². The van der Waals surface area contributed by atoms with Gasteiger partial charge in [-0.2, -0.15) is 0 Å². The minimum Gasteiger partial charge on any atom is -0.497 e. The van der Waals surface area contributed by atoms with Gasteiger partial charge >= 0.3 is 5.97 Å². The Morgan fingerprint density at radius 1 is 1.37 bits per heavy atom. The zero-order chi connectivity index (χ0) is 18.8. The summed E-state index contributed by atoms with van der Waals surface area (Å²) in [6.07, 6.45) is 3.20. The summed E-state index contributed by atoms with van der Waals surface area (Å²) in [5.41, 5.74) is 2.11. The number of carbonyl (C=O) groups excluding carboxylic acids is 2. The molecule has 0 aliphatic carbocycles. The van der Waals surface area contributed by atoms with Gasteiger partial charge in [0.15, 0.2) is 0 Å². The zero-order valence-corrected chi connectivity index (χ0v) is 15.6. The summed E-state index contributed by atoms with van der Waals surface area (Å²) in [6, 6.07) is 8.10. The van der Waals surface area contributed by atoms with E-state index in [-0.39, 0.29) is 35.9 Å². The topological polar surface area (TPSA) is 67.9 Å². The van der Waals surface area contributed by atoms with Crippen LogP contribution in [0.4, 0.5) is 5.69 Å². The lowest BCUT2D eigenvalue weighted by atomic mass is 9.66. The smallest absolute Gasteiger partial charge is 0.337 e. The van der Waals surface area contributed by atoms with Crippen molar-refractivity contribution in [1.29, 1.82) is 0 Å².